The Morgan fingerprint density at radius 2 is 1.62 bits per heavy atom. The van der Waals surface area contributed by atoms with Crippen LogP contribution >= 0.6 is 11.6 Å². The molecule has 32 heavy (non-hydrogen) atoms. The molecule has 0 aliphatic rings. The lowest BCUT2D eigenvalue weighted by atomic mass is 10.0. The number of carbonyl (C=O) groups is 2. The van der Waals surface area contributed by atoms with Crippen LogP contribution in [0, 0.1) is 5.82 Å². The van der Waals surface area contributed by atoms with Crippen LogP contribution in [0.4, 0.5) is 4.39 Å². The predicted octanol–water partition coefficient (Wildman–Crippen LogP) is 5.67. The maximum atomic E-state index is 13.4. The van der Waals surface area contributed by atoms with Crippen molar-refractivity contribution in [3.8, 4) is 0 Å². The summed E-state index contributed by atoms with van der Waals surface area (Å²) in [5.74, 6) is -0.793. The minimum absolute atomic E-state index is 0.140. The molecule has 6 heteroatoms. The van der Waals surface area contributed by atoms with E-state index in [1.807, 2.05) is 55.5 Å². The zero-order valence-electron chi connectivity index (χ0n) is 17.9. The number of nitrogens with zero attached hydrogens (tertiary/aromatic N) is 1. The van der Waals surface area contributed by atoms with E-state index in [0.717, 1.165) is 11.1 Å². The van der Waals surface area contributed by atoms with E-state index >= 15 is 0 Å². The second-order valence-electron chi connectivity index (χ2n) is 7.52. The number of hydrogen-bond donors (Lipinski definition) is 1. The average Bonchev–Trinajstić information content (AvgIpc) is 2.80. The minimum atomic E-state index is -0.831. The molecule has 0 fully saturated rings. The van der Waals surface area contributed by atoms with Crippen LogP contribution in [0.25, 0.3) is 0 Å². The molecule has 0 heterocycles. The average molecular weight is 453 g/mol. The summed E-state index contributed by atoms with van der Waals surface area (Å²) in [6.45, 7) is 2.36. The van der Waals surface area contributed by atoms with E-state index in [9.17, 15) is 14.0 Å². The normalized spacial score (nSPS) is 11.6. The molecule has 0 radical (unpaired) electrons. The summed E-state index contributed by atoms with van der Waals surface area (Å²) in [5.41, 5.74) is 2.24. The number of nitrogens with one attached hydrogen (secondary N) is 1. The summed E-state index contributed by atoms with van der Waals surface area (Å²) in [5, 5.41) is 3.50. The van der Waals surface area contributed by atoms with Gasteiger partial charge in [-0.1, -0.05) is 79.2 Å². The Morgan fingerprint density at radius 3 is 2.28 bits per heavy atom. The van der Waals surface area contributed by atoms with E-state index in [0.29, 0.717) is 23.4 Å². The molecule has 3 aromatic carbocycles. The fraction of sp³-hybridized carbons (Fsp3) is 0.231. The van der Waals surface area contributed by atoms with Gasteiger partial charge >= 0.3 is 0 Å². The molecule has 1 N–H and O–H groups in total. The van der Waals surface area contributed by atoms with Crippen LogP contribution in [-0.4, -0.2) is 16.7 Å². The highest BCUT2D eigenvalue weighted by Crippen LogP contribution is 2.25. The highest BCUT2D eigenvalue weighted by Gasteiger charge is 2.31. The third-order valence-corrected chi connectivity index (χ3v) is 5.51. The largest absolute Gasteiger partial charge is 0.350 e. The number of hydrogen-bond acceptors (Lipinski definition) is 2. The molecule has 166 valence electrons. The summed E-state index contributed by atoms with van der Waals surface area (Å²) < 4.78 is 13.4. The van der Waals surface area contributed by atoms with Gasteiger partial charge in [0.2, 0.25) is 11.8 Å². The van der Waals surface area contributed by atoms with Gasteiger partial charge in [0.25, 0.3) is 0 Å². The van der Waals surface area contributed by atoms with Crippen molar-refractivity contribution in [3.05, 3.63) is 106 Å². The molecule has 0 aromatic heterocycles. The van der Waals surface area contributed by atoms with Crippen molar-refractivity contribution in [3.63, 3.8) is 0 Å². The Hall–Kier alpha value is -3.18. The van der Waals surface area contributed by atoms with Crippen molar-refractivity contribution in [1.82, 2.24) is 10.2 Å². The van der Waals surface area contributed by atoms with Crippen molar-refractivity contribution in [2.45, 2.75) is 38.9 Å². The van der Waals surface area contributed by atoms with Gasteiger partial charge in [-0.3, -0.25) is 9.59 Å². The first kappa shape index (κ1) is 23.5. The van der Waals surface area contributed by atoms with E-state index in [-0.39, 0.29) is 30.7 Å². The topological polar surface area (TPSA) is 49.4 Å². The molecule has 0 aliphatic heterocycles. The van der Waals surface area contributed by atoms with Gasteiger partial charge in [-0.15, -0.1) is 0 Å². The molecular formula is C26H26ClFN2O2. The highest BCUT2D eigenvalue weighted by molar-refractivity contribution is 6.31. The highest BCUT2D eigenvalue weighted by atomic mass is 35.5. The molecule has 1 atom stereocenters. The van der Waals surface area contributed by atoms with Gasteiger partial charge in [-0.25, -0.2) is 4.39 Å². The van der Waals surface area contributed by atoms with Crippen molar-refractivity contribution in [1.29, 1.82) is 0 Å². The molecule has 0 saturated carbocycles. The molecule has 0 bridgehead atoms. The maximum absolute atomic E-state index is 13.4. The van der Waals surface area contributed by atoms with Crippen LogP contribution in [0.2, 0.25) is 5.02 Å². The minimum Gasteiger partial charge on any atom is -0.350 e. The van der Waals surface area contributed by atoms with Crippen LogP contribution < -0.4 is 5.32 Å². The van der Waals surface area contributed by atoms with Crippen molar-refractivity contribution in [2.75, 3.05) is 0 Å². The summed E-state index contributed by atoms with van der Waals surface area (Å²) in [7, 11) is 0. The first-order valence-electron chi connectivity index (χ1n) is 10.6. The zero-order valence-corrected chi connectivity index (χ0v) is 18.7. The second kappa shape index (κ2) is 11.4. The third kappa shape index (κ3) is 6.17. The SMILES string of the molecule is CCCC(=O)N(Cc1ccc(F)cc1)[C@H](C(=O)NCc1ccccc1Cl)c1ccccc1. The molecular weight excluding hydrogens is 427 g/mol. The van der Waals surface area contributed by atoms with Gasteiger partial charge in [0.1, 0.15) is 11.9 Å². The standard InChI is InChI=1S/C26H26ClFN2O2/c1-2-8-24(31)30(18-19-13-15-22(28)16-14-19)25(20-9-4-3-5-10-20)26(32)29-17-21-11-6-7-12-23(21)27/h3-7,9-16,25H,2,8,17-18H2,1H3,(H,29,32)/t25-/m0/s1. The van der Waals surface area contributed by atoms with E-state index in [4.69, 9.17) is 11.6 Å². The van der Waals surface area contributed by atoms with E-state index in [2.05, 4.69) is 5.32 Å². The first-order chi connectivity index (χ1) is 15.5. The number of amides is 2. The van der Waals surface area contributed by atoms with Gasteiger partial charge in [0.15, 0.2) is 0 Å². The first-order valence-corrected chi connectivity index (χ1v) is 11.0. The maximum Gasteiger partial charge on any atom is 0.247 e. The van der Waals surface area contributed by atoms with Crippen molar-refractivity contribution < 1.29 is 14.0 Å². The molecule has 0 aliphatic carbocycles. The molecule has 2 amide bonds. The van der Waals surface area contributed by atoms with Gasteiger partial charge in [-0.05, 0) is 41.3 Å². The molecule has 0 saturated heterocycles. The Balaban J connectivity index is 1.92. The predicted molar refractivity (Wildman–Crippen MR) is 124 cm³/mol. The van der Waals surface area contributed by atoms with E-state index in [1.54, 1.807) is 23.1 Å². The van der Waals surface area contributed by atoms with Crippen LogP contribution in [-0.2, 0) is 22.7 Å². The fourth-order valence-electron chi connectivity index (χ4n) is 3.50. The Bertz CT molecular complexity index is 1040. The quantitative estimate of drug-likeness (QED) is 0.455. The molecule has 3 rings (SSSR count). The Kier molecular flexibility index (Phi) is 8.40. The van der Waals surface area contributed by atoms with Crippen LogP contribution in [0.3, 0.4) is 0 Å². The van der Waals surface area contributed by atoms with Gasteiger partial charge in [-0.2, -0.15) is 0 Å². The fourth-order valence-corrected chi connectivity index (χ4v) is 3.70. The third-order valence-electron chi connectivity index (χ3n) is 5.14. The smallest absolute Gasteiger partial charge is 0.247 e. The van der Waals surface area contributed by atoms with Gasteiger partial charge < -0.3 is 10.2 Å². The zero-order chi connectivity index (χ0) is 22.9. The lowest BCUT2D eigenvalue weighted by Gasteiger charge is -2.31. The second-order valence-corrected chi connectivity index (χ2v) is 7.93. The molecule has 0 unspecified atom stereocenters. The monoisotopic (exact) mass is 452 g/mol. The van der Waals surface area contributed by atoms with Crippen LogP contribution in [0.5, 0.6) is 0 Å². The van der Waals surface area contributed by atoms with Crippen molar-refractivity contribution >= 4 is 23.4 Å². The van der Waals surface area contributed by atoms with Crippen molar-refractivity contribution in [2.24, 2.45) is 0 Å². The number of rotatable bonds is 9. The molecule has 4 nitrogen and oxygen atoms in total. The van der Waals surface area contributed by atoms with E-state index < -0.39 is 6.04 Å². The van der Waals surface area contributed by atoms with Gasteiger partial charge in [0.05, 0.1) is 0 Å². The van der Waals surface area contributed by atoms with E-state index in [1.165, 1.54) is 12.1 Å². The lowest BCUT2D eigenvalue weighted by molar-refractivity contribution is -0.141. The summed E-state index contributed by atoms with van der Waals surface area (Å²) in [4.78, 5) is 28.1. The molecule has 0 spiro atoms. The van der Waals surface area contributed by atoms with Gasteiger partial charge in [0, 0.05) is 24.5 Å². The number of halogens is 2. The number of carbonyl (C=O) groups excluding carboxylic acids is 2. The Morgan fingerprint density at radius 1 is 0.969 bits per heavy atom. The summed E-state index contributed by atoms with van der Waals surface area (Å²) in [6, 6.07) is 21.6. The summed E-state index contributed by atoms with van der Waals surface area (Å²) >= 11 is 6.23. The number of benzene rings is 3. The molecule has 3 aromatic rings. The van der Waals surface area contributed by atoms with Crippen LogP contribution in [0.1, 0.15) is 42.5 Å². The summed E-state index contributed by atoms with van der Waals surface area (Å²) in [6.07, 6.45) is 0.962. The lowest BCUT2D eigenvalue weighted by Crippen LogP contribution is -2.43. The van der Waals surface area contributed by atoms with Crippen LogP contribution in [0.15, 0.2) is 78.9 Å². The Labute approximate surface area is 193 Å².